The third kappa shape index (κ3) is 3.29. The van der Waals surface area contributed by atoms with Gasteiger partial charge in [0.1, 0.15) is 5.82 Å². The zero-order chi connectivity index (χ0) is 15.0. The summed E-state index contributed by atoms with van der Waals surface area (Å²) in [5, 5.41) is 4.11. The molecule has 0 atom stereocenters. The van der Waals surface area contributed by atoms with Crippen molar-refractivity contribution in [2.75, 3.05) is 37.6 Å². The highest BCUT2D eigenvalue weighted by Crippen LogP contribution is 2.21. The highest BCUT2D eigenvalue weighted by atomic mass is 79.9. The van der Waals surface area contributed by atoms with Gasteiger partial charge in [-0.1, -0.05) is 0 Å². The monoisotopic (exact) mass is 363 g/mol. The summed E-state index contributed by atoms with van der Waals surface area (Å²) in [5.74, 6) is 0.760. The first-order valence-electron chi connectivity index (χ1n) is 6.46. The number of halogens is 4. The average Bonchev–Trinajstić information content (AvgIpc) is 2.79. The number of alkyl halides is 3. The average molecular weight is 364 g/mol. The fourth-order valence-corrected chi connectivity index (χ4v) is 2.76. The zero-order valence-corrected chi connectivity index (χ0v) is 12.6. The zero-order valence-electron chi connectivity index (χ0n) is 11.0. The number of piperazine rings is 1. The van der Waals surface area contributed by atoms with Gasteiger partial charge in [-0.15, -0.1) is 0 Å². The number of rotatable bonds is 2. The Hall–Kier alpha value is -1.35. The summed E-state index contributed by atoms with van der Waals surface area (Å²) in [6, 6.07) is 1.83. The van der Waals surface area contributed by atoms with Gasteiger partial charge in [0.15, 0.2) is 5.65 Å². The predicted molar refractivity (Wildman–Crippen MR) is 75.4 cm³/mol. The Morgan fingerprint density at radius 1 is 1.19 bits per heavy atom. The maximum absolute atomic E-state index is 12.4. The fraction of sp³-hybridized carbons (Fsp3) is 0.500. The van der Waals surface area contributed by atoms with Crippen molar-refractivity contribution in [2.45, 2.75) is 6.18 Å². The highest BCUT2D eigenvalue weighted by molar-refractivity contribution is 9.10. The molecule has 1 fully saturated rings. The van der Waals surface area contributed by atoms with Crippen molar-refractivity contribution < 1.29 is 13.2 Å². The van der Waals surface area contributed by atoms with Gasteiger partial charge in [0.05, 0.1) is 17.2 Å². The molecule has 2 aromatic heterocycles. The molecule has 114 valence electrons. The molecule has 1 aliphatic heterocycles. The lowest BCUT2D eigenvalue weighted by molar-refractivity contribution is -0.146. The molecule has 21 heavy (non-hydrogen) atoms. The molecule has 3 heterocycles. The molecular weight excluding hydrogens is 351 g/mol. The molecule has 0 unspecified atom stereocenters. The van der Waals surface area contributed by atoms with Crippen molar-refractivity contribution in [1.29, 1.82) is 0 Å². The third-order valence-corrected chi connectivity index (χ3v) is 3.97. The molecule has 9 heteroatoms. The van der Waals surface area contributed by atoms with Crippen LogP contribution in [-0.4, -0.2) is 58.4 Å². The molecule has 0 bridgehead atoms. The van der Waals surface area contributed by atoms with E-state index in [1.807, 2.05) is 11.0 Å². The van der Waals surface area contributed by atoms with E-state index in [1.165, 1.54) is 4.90 Å². The SMILES string of the molecule is FC(F)(F)CN1CCN(c2ccn3ncc(Br)c3n2)CC1. The van der Waals surface area contributed by atoms with Crippen LogP contribution in [-0.2, 0) is 0 Å². The fourth-order valence-electron chi connectivity index (χ4n) is 2.40. The minimum Gasteiger partial charge on any atom is -0.354 e. The van der Waals surface area contributed by atoms with Gasteiger partial charge < -0.3 is 4.90 Å². The highest BCUT2D eigenvalue weighted by Gasteiger charge is 2.32. The summed E-state index contributed by atoms with van der Waals surface area (Å²) in [6.07, 6.45) is -0.681. The molecule has 0 amide bonds. The van der Waals surface area contributed by atoms with Crippen LogP contribution in [0.3, 0.4) is 0 Å². The molecule has 0 aromatic carbocycles. The topological polar surface area (TPSA) is 36.7 Å². The van der Waals surface area contributed by atoms with Crippen LogP contribution in [0.1, 0.15) is 0 Å². The largest absolute Gasteiger partial charge is 0.401 e. The lowest BCUT2D eigenvalue weighted by Gasteiger charge is -2.35. The Kier molecular flexibility index (Phi) is 3.78. The van der Waals surface area contributed by atoms with E-state index in [0.29, 0.717) is 31.8 Å². The lowest BCUT2D eigenvalue weighted by Crippen LogP contribution is -2.49. The van der Waals surface area contributed by atoms with Crippen molar-refractivity contribution in [3.63, 3.8) is 0 Å². The first kappa shape index (κ1) is 14.6. The van der Waals surface area contributed by atoms with Crippen molar-refractivity contribution in [2.24, 2.45) is 0 Å². The third-order valence-electron chi connectivity index (χ3n) is 3.41. The van der Waals surface area contributed by atoms with Gasteiger partial charge in [0, 0.05) is 32.4 Å². The Morgan fingerprint density at radius 3 is 2.57 bits per heavy atom. The molecule has 0 aliphatic carbocycles. The van der Waals surface area contributed by atoms with Crippen LogP contribution < -0.4 is 4.90 Å². The lowest BCUT2D eigenvalue weighted by atomic mass is 10.3. The number of hydrogen-bond acceptors (Lipinski definition) is 4. The second-order valence-corrected chi connectivity index (χ2v) is 5.78. The van der Waals surface area contributed by atoms with E-state index in [0.717, 1.165) is 10.3 Å². The predicted octanol–water partition coefficient (Wildman–Crippen LogP) is 2.18. The van der Waals surface area contributed by atoms with Crippen molar-refractivity contribution in [3.05, 3.63) is 22.9 Å². The van der Waals surface area contributed by atoms with Crippen molar-refractivity contribution >= 4 is 27.4 Å². The number of anilines is 1. The van der Waals surface area contributed by atoms with Crippen LogP contribution >= 0.6 is 15.9 Å². The molecule has 1 aliphatic rings. The Morgan fingerprint density at radius 2 is 1.90 bits per heavy atom. The van der Waals surface area contributed by atoms with Crippen LogP contribution in [0.4, 0.5) is 19.0 Å². The van der Waals surface area contributed by atoms with Gasteiger partial charge >= 0.3 is 6.18 Å². The maximum Gasteiger partial charge on any atom is 0.401 e. The summed E-state index contributed by atoms with van der Waals surface area (Å²) in [7, 11) is 0. The summed E-state index contributed by atoms with van der Waals surface area (Å²) in [6.45, 7) is 0.983. The van der Waals surface area contributed by atoms with Crippen molar-refractivity contribution in [3.8, 4) is 0 Å². The second-order valence-electron chi connectivity index (χ2n) is 4.92. The van der Waals surface area contributed by atoms with Crippen molar-refractivity contribution in [1.82, 2.24) is 19.5 Å². The van der Waals surface area contributed by atoms with Gasteiger partial charge in [-0.05, 0) is 22.0 Å². The van der Waals surface area contributed by atoms with Crippen LogP contribution in [0, 0.1) is 0 Å². The molecule has 2 aromatic rings. The van der Waals surface area contributed by atoms with Gasteiger partial charge in [-0.25, -0.2) is 9.50 Å². The molecule has 1 saturated heterocycles. The van der Waals surface area contributed by atoms with Gasteiger partial charge in [-0.2, -0.15) is 18.3 Å². The summed E-state index contributed by atoms with van der Waals surface area (Å²) < 4.78 is 39.5. The smallest absolute Gasteiger partial charge is 0.354 e. The number of fused-ring (bicyclic) bond motifs is 1. The Balaban J connectivity index is 1.69. The van der Waals surface area contributed by atoms with E-state index < -0.39 is 12.7 Å². The second kappa shape index (κ2) is 5.45. The van der Waals surface area contributed by atoms with E-state index >= 15 is 0 Å². The Labute approximate surface area is 127 Å². The Bertz CT molecular complexity index is 633. The van der Waals surface area contributed by atoms with Crippen LogP contribution in [0.5, 0.6) is 0 Å². The van der Waals surface area contributed by atoms with Crippen LogP contribution in [0.2, 0.25) is 0 Å². The number of aromatic nitrogens is 3. The molecule has 0 N–H and O–H groups in total. The molecular formula is C12H13BrF3N5. The van der Waals surface area contributed by atoms with Gasteiger partial charge in [0.2, 0.25) is 0 Å². The van der Waals surface area contributed by atoms with E-state index in [1.54, 1.807) is 16.9 Å². The molecule has 5 nitrogen and oxygen atoms in total. The molecule has 3 rings (SSSR count). The molecule has 0 saturated carbocycles. The molecule has 0 spiro atoms. The van der Waals surface area contributed by atoms with E-state index in [4.69, 9.17) is 0 Å². The first-order chi connectivity index (χ1) is 9.92. The standard InChI is InChI=1S/C12H13BrF3N5/c13-9-7-17-21-2-1-10(18-11(9)21)20-5-3-19(4-6-20)8-12(14,15)16/h1-2,7H,3-6,8H2. The summed E-state index contributed by atoms with van der Waals surface area (Å²) in [5.41, 5.74) is 0.699. The number of hydrogen-bond donors (Lipinski definition) is 0. The quantitative estimate of drug-likeness (QED) is 0.819. The summed E-state index contributed by atoms with van der Waals surface area (Å²) in [4.78, 5) is 7.91. The normalized spacial score (nSPS) is 17.6. The van der Waals surface area contributed by atoms with Crippen LogP contribution in [0.25, 0.3) is 5.65 Å². The van der Waals surface area contributed by atoms with E-state index in [-0.39, 0.29) is 0 Å². The minimum absolute atomic E-state index is 0.382. The van der Waals surface area contributed by atoms with Crippen LogP contribution in [0.15, 0.2) is 22.9 Å². The van der Waals surface area contributed by atoms with Gasteiger partial charge in [-0.3, -0.25) is 4.90 Å². The first-order valence-corrected chi connectivity index (χ1v) is 7.26. The van der Waals surface area contributed by atoms with E-state index in [2.05, 4.69) is 26.0 Å². The molecule has 0 radical (unpaired) electrons. The summed E-state index contributed by atoms with van der Waals surface area (Å²) >= 11 is 3.37. The minimum atomic E-state index is -4.14. The van der Waals surface area contributed by atoms with E-state index in [9.17, 15) is 13.2 Å². The van der Waals surface area contributed by atoms with Gasteiger partial charge in [0.25, 0.3) is 0 Å². The maximum atomic E-state index is 12.4. The number of nitrogens with zero attached hydrogens (tertiary/aromatic N) is 5.